The van der Waals surface area contributed by atoms with Crippen LogP contribution >= 0.6 is 0 Å². The second kappa shape index (κ2) is 6.07. The summed E-state index contributed by atoms with van der Waals surface area (Å²) in [4.78, 5) is 0. The fourth-order valence-corrected chi connectivity index (χ4v) is 5.59. The first-order valence-electron chi connectivity index (χ1n) is 10.6. The Morgan fingerprint density at radius 1 is 0.621 bits per heavy atom. The molecule has 0 N–H and O–H groups in total. The fourth-order valence-electron chi connectivity index (χ4n) is 5.59. The van der Waals surface area contributed by atoms with Crippen molar-refractivity contribution < 1.29 is 0 Å². The van der Waals surface area contributed by atoms with E-state index in [-0.39, 0.29) is 5.41 Å². The van der Waals surface area contributed by atoms with E-state index in [0.29, 0.717) is 0 Å². The Balaban J connectivity index is 1.81. The second-order valence-corrected chi connectivity index (χ2v) is 9.23. The van der Waals surface area contributed by atoms with E-state index >= 15 is 0 Å². The lowest BCUT2D eigenvalue weighted by Gasteiger charge is -2.26. The number of fused-ring (bicyclic) bond motifs is 3. The quantitative estimate of drug-likeness (QED) is 0.294. The molecular weight excluding hydrogens is 348 g/mol. The van der Waals surface area contributed by atoms with Gasteiger partial charge in [-0.15, -0.1) is 0 Å². The Kier molecular flexibility index (Phi) is 3.80. The van der Waals surface area contributed by atoms with E-state index in [1.807, 2.05) is 0 Å². The topological polar surface area (TPSA) is 0 Å². The molecule has 4 aromatic carbocycles. The second-order valence-electron chi connectivity index (χ2n) is 9.23. The molecule has 0 nitrogen and oxygen atoms in total. The standard InChI is InChI=1S/C29H28/c1-17-11-13-22-19(3)26-16-21(12-14-23(26)18(2)25(22)15-17)28-20(4)24-9-7-8-10-27(24)29(28,5)6/h7-16H,1-6H3. The minimum atomic E-state index is 0.0191. The van der Waals surface area contributed by atoms with Crippen molar-refractivity contribution in [3.05, 3.63) is 94.0 Å². The van der Waals surface area contributed by atoms with Crippen LogP contribution in [0.1, 0.15) is 54.2 Å². The van der Waals surface area contributed by atoms with Gasteiger partial charge in [-0.25, -0.2) is 0 Å². The monoisotopic (exact) mass is 376 g/mol. The first-order chi connectivity index (χ1) is 13.8. The Hall–Kier alpha value is -2.86. The van der Waals surface area contributed by atoms with Gasteiger partial charge in [0.15, 0.2) is 0 Å². The van der Waals surface area contributed by atoms with Crippen molar-refractivity contribution in [2.45, 2.75) is 47.0 Å². The molecule has 0 aliphatic heterocycles. The van der Waals surface area contributed by atoms with Crippen molar-refractivity contribution >= 4 is 32.7 Å². The Labute approximate surface area is 173 Å². The molecule has 1 aliphatic carbocycles. The summed E-state index contributed by atoms with van der Waals surface area (Å²) in [6.07, 6.45) is 0. The lowest BCUT2D eigenvalue weighted by Crippen LogP contribution is -2.16. The number of hydrogen-bond acceptors (Lipinski definition) is 0. The molecular formula is C29H28. The number of aryl methyl sites for hydroxylation is 3. The minimum absolute atomic E-state index is 0.0191. The summed E-state index contributed by atoms with van der Waals surface area (Å²) in [6.45, 7) is 13.7. The van der Waals surface area contributed by atoms with Gasteiger partial charge >= 0.3 is 0 Å². The van der Waals surface area contributed by atoms with Gasteiger partial charge in [-0.05, 0) is 94.3 Å². The third-order valence-electron chi connectivity index (χ3n) is 7.10. The van der Waals surface area contributed by atoms with Gasteiger partial charge < -0.3 is 0 Å². The van der Waals surface area contributed by atoms with Crippen molar-refractivity contribution in [2.75, 3.05) is 0 Å². The van der Waals surface area contributed by atoms with Crippen LogP contribution in [0.25, 0.3) is 32.7 Å². The first kappa shape index (κ1) is 18.2. The molecule has 0 amide bonds. The molecule has 0 saturated heterocycles. The van der Waals surface area contributed by atoms with E-state index < -0.39 is 0 Å². The molecule has 0 heterocycles. The van der Waals surface area contributed by atoms with E-state index in [0.717, 1.165) is 0 Å². The highest BCUT2D eigenvalue weighted by Crippen LogP contribution is 2.51. The summed E-state index contributed by atoms with van der Waals surface area (Å²) in [5.41, 5.74) is 11.2. The number of hydrogen-bond donors (Lipinski definition) is 0. The van der Waals surface area contributed by atoms with E-state index in [2.05, 4.69) is 102 Å². The normalized spacial score (nSPS) is 15.4. The third-order valence-corrected chi connectivity index (χ3v) is 7.10. The molecule has 0 heteroatoms. The van der Waals surface area contributed by atoms with Crippen LogP contribution in [0.2, 0.25) is 0 Å². The molecule has 29 heavy (non-hydrogen) atoms. The largest absolute Gasteiger partial charge is 0.0619 e. The summed E-state index contributed by atoms with van der Waals surface area (Å²) in [5, 5.41) is 5.50. The van der Waals surface area contributed by atoms with Crippen LogP contribution in [0.5, 0.6) is 0 Å². The zero-order chi connectivity index (χ0) is 20.5. The predicted molar refractivity (Wildman–Crippen MR) is 128 cm³/mol. The summed E-state index contributed by atoms with van der Waals surface area (Å²) in [5.74, 6) is 0. The van der Waals surface area contributed by atoms with E-state index in [1.54, 1.807) is 0 Å². The summed E-state index contributed by atoms with van der Waals surface area (Å²) in [7, 11) is 0. The maximum absolute atomic E-state index is 2.43. The molecule has 0 unspecified atom stereocenters. The van der Waals surface area contributed by atoms with Gasteiger partial charge in [-0.2, -0.15) is 0 Å². The third kappa shape index (κ3) is 2.45. The number of allylic oxidation sites excluding steroid dienone is 2. The van der Waals surface area contributed by atoms with Crippen molar-refractivity contribution in [3.63, 3.8) is 0 Å². The van der Waals surface area contributed by atoms with Gasteiger partial charge in [0.1, 0.15) is 0 Å². The predicted octanol–water partition coefficient (Wildman–Crippen LogP) is 8.14. The van der Waals surface area contributed by atoms with Gasteiger partial charge in [0.25, 0.3) is 0 Å². The molecule has 4 aromatic rings. The summed E-state index contributed by atoms with van der Waals surface area (Å²) >= 11 is 0. The molecule has 0 fully saturated rings. The van der Waals surface area contributed by atoms with Crippen LogP contribution in [-0.2, 0) is 5.41 Å². The highest BCUT2D eigenvalue weighted by Gasteiger charge is 2.36. The average molecular weight is 377 g/mol. The lowest BCUT2D eigenvalue weighted by atomic mass is 9.77. The van der Waals surface area contributed by atoms with Crippen LogP contribution < -0.4 is 0 Å². The van der Waals surface area contributed by atoms with Crippen LogP contribution in [0.4, 0.5) is 0 Å². The van der Waals surface area contributed by atoms with Gasteiger partial charge in [-0.1, -0.05) is 74.0 Å². The molecule has 0 radical (unpaired) electrons. The smallest absolute Gasteiger partial charge is 0.0161 e. The Morgan fingerprint density at radius 2 is 1.24 bits per heavy atom. The van der Waals surface area contributed by atoms with Gasteiger partial charge in [0.2, 0.25) is 0 Å². The molecule has 0 bridgehead atoms. The van der Waals surface area contributed by atoms with Crippen LogP contribution in [-0.4, -0.2) is 0 Å². The SMILES string of the molecule is CC1=C(c2ccc3c(C)c4cc(C)ccc4c(C)c3c2)C(C)(C)c2ccccc21. The maximum atomic E-state index is 2.43. The fraction of sp³-hybridized carbons (Fsp3) is 0.241. The molecule has 0 aromatic heterocycles. The Bertz CT molecular complexity index is 1350. The molecule has 5 rings (SSSR count). The highest BCUT2D eigenvalue weighted by atomic mass is 14.4. The van der Waals surface area contributed by atoms with Crippen LogP contribution in [0, 0.1) is 20.8 Å². The van der Waals surface area contributed by atoms with Crippen molar-refractivity contribution in [1.82, 2.24) is 0 Å². The lowest BCUT2D eigenvalue weighted by molar-refractivity contribution is 0.704. The van der Waals surface area contributed by atoms with Gasteiger partial charge in [-0.3, -0.25) is 0 Å². The zero-order valence-electron chi connectivity index (χ0n) is 18.3. The van der Waals surface area contributed by atoms with Crippen molar-refractivity contribution in [1.29, 1.82) is 0 Å². The van der Waals surface area contributed by atoms with Crippen LogP contribution in [0.3, 0.4) is 0 Å². The van der Waals surface area contributed by atoms with Gasteiger partial charge in [0.05, 0.1) is 0 Å². The average Bonchev–Trinajstić information content (AvgIpc) is 2.91. The van der Waals surface area contributed by atoms with Gasteiger partial charge in [0, 0.05) is 5.41 Å². The molecule has 1 aliphatic rings. The molecule has 0 saturated carbocycles. The molecule has 144 valence electrons. The van der Waals surface area contributed by atoms with Crippen molar-refractivity contribution in [3.8, 4) is 0 Å². The number of benzene rings is 4. The summed E-state index contributed by atoms with van der Waals surface area (Å²) in [6, 6.07) is 22.8. The zero-order valence-corrected chi connectivity index (χ0v) is 18.3. The minimum Gasteiger partial charge on any atom is -0.0619 e. The first-order valence-corrected chi connectivity index (χ1v) is 10.6. The Morgan fingerprint density at radius 3 is 1.93 bits per heavy atom. The molecule has 0 spiro atoms. The maximum Gasteiger partial charge on any atom is 0.0161 e. The van der Waals surface area contributed by atoms with E-state index in [9.17, 15) is 0 Å². The van der Waals surface area contributed by atoms with Crippen molar-refractivity contribution in [2.24, 2.45) is 0 Å². The summed E-state index contributed by atoms with van der Waals surface area (Å²) < 4.78 is 0. The number of rotatable bonds is 1. The van der Waals surface area contributed by atoms with E-state index in [1.165, 1.54) is 66.1 Å². The van der Waals surface area contributed by atoms with E-state index in [4.69, 9.17) is 0 Å². The highest BCUT2D eigenvalue weighted by molar-refractivity contribution is 6.08. The molecule has 0 atom stereocenters. The van der Waals surface area contributed by atoms with Crippen LogP contribution in [0.15, 0.2) is 60.7 Å².